The van der Waals surface area contributed by atoms with Gasteiger partial charge in [0.1, 0.15) is 24.0 Å². The Kier molecular flexibility index (Phi) is 8.61. The zero-order valence-corrected chi connectivity index (χ0v) is 23.3. The van der Waals surface area contributed by atoms with Gasteiger partial charge in [-0.05, 0) is 82.1 Å². The summed E-state index contributed by atoms with van der Waals surface area (Å²) in [6, 6.07) is 7.40. The second-order valence-corrected chi connectivity index (χ2v) is 10.9. The van der Waals surface area contributed by atoms with Crippen LogP contribution in [0.2, 0.25) is 0 Å². The topological polar surface area (TPSA) is 68.8 Å². The minimum absolute atomic E-state index is 0.154. The fourth-order valence-corrected chi connectivity index (χ4v) is 6.01. The van der Waals surface area contributed by atoms with Crippen LogP contribution >= 0.6 is 0 Å². The molecule has 0 unspecified atom stereocenters. The number of alkyl halides is 1. The number of ether oxygens (including phenoxy) is 1. The van der Waals surface area contributed by atoms with E-state index < -0.39 is 23.2 Å². The summed E-state index contributed by atoms with van der Waals surface area (Å²) in [5, 5.41) is 10.5. The van der Waals surface area contributed by atoms with Gasteiger partial charge in [0, 0.05) is 47.8 Å². The summed E-state index contributed by atoms with van der Waals surface area (Å²) in [6.07, 6.45) is 1.01. The molecule has 2 aromatic carbocycles. The lowest BCUT2D eigenvalue weighted by atomic mass is 9.76. The van der Waals surface area contributed by atoms with E-state index in [1.807, 2.05) is 37.6 Å². The summed E-state index contributed by atoms with van der Waals surface area (Å²) < 4.78 is 48.8. The van der Waals surface area contributed by atoms with Crippen molar-refractivity contribution in [3.63, 3.8) is 0 Å². The van der Waals surface area contributed by atoms with Gasteiger partial charge in [-0.25, -0.2) is 8.78 Å². The largest absolute Gasteiger partial charge is 0.492 e. The Morgan fingerprint density at radius 2 is 2.03 bits per heavy atom. The third-order valence-electron chi connectivity index (χ3n) is 8.11. The standard InChI is InChI=1S/C30H38F3N3O3/c1-18(29(37)38)17-36-19(2)15-23-22-16-21(32)7-9-25(22)34-28(23)30(36,4)27-20(3)26(10-8-24(27)33)39-14-13-35(5)12-6-11-31/h7-10,16,18-19,34H,6,11-15,17H2,1-5H3,(H,37,38)/t18-,19-,30-/m1/s1. The molecule has 9 heteroatoms. The van der Waals surface area contributed by atoms with Gasteiger partial charge in [-0.15, -0.1) is 0 Å². The summed E-state index contributed by atoms with van der Waals surface area (Å²) in [6.45, 7) is 8.72. The first kappa shape index (κ1) is 29.0. The maximum absolute atomic E-state index is 15.9. The number of benzene rings is 2. The maximum Gasteiger partial charge on any atom is 0.307 e. The molecule has 2 heterocycles. The van der Waals surface area contributed by atoms with Crippen molar-refractivity contribution in [1.29, 1.82) is 0 Å². The smallest absolute Gasteiger partial charge is 0.307 e. The van der Waals surface area contributed by atoms with Crippen molar-refractivity contribution in [3.05, 3.63) is 64.4 Å². The van der Waals surface area contributed by atoms with Gasteiger partial charge in [-0.3, -0.25) is 14.1 Å². The van der Waals surface area contributed by atoms with Crippen molar-refractivity contribution in [3.8, 4) is 5.75 Å². The van der Waals surface area contributed by atoms with E-state index in [0.717, 1.165) is 22.2 Å². The molecule has 0 aliphatic carbocycles. The van der Waals surface area contributed by atoms with E-state index in [-0.39, 0.29) is 25.1 Å². The zero-order chi connectivity index (χ0) is 28.5. The van der Waals surface area contributed by atoms with E-state index in [1.165, 1.54) is 18.2 Å². The number of hydrogen-bond donors (Lipinski definition) is 2. The molecule has 1 aliphatic rings. The molecule has 0 fully saturated rings. The zero-order valence-electron chi connectivity index (χ0n) is 23.3. The number of halogens is 3. The summed E-state index contributed by atoms with van der Waals surface area (Å²) in [4.78, 5) is 19.3. The monoisotopic (exact) mass is 545 g/mol. The second kappa shape index (κ2) is 11.6. The third-order valence-corrected chi connectivity index (χ3v) is 8.11. The van der Waals surface area contributed by atoms with E-state index in [1.54, 1.807) is 19.1 Å². The van der Waals surface area contributed by atoms with Crippen molar-refractivity contribution in [2.45, 2.75) is 52.1 Å². The average Bonchev–Trinajstić information content (AvgIpc) is 3.24. The number of hydrogen-bond acceptors (Lipinski definition) is 4. The second-order valence-electron chi connectivity index (χ2n) is 10.9. The van der Waals surface area contributed by atoms with E-state index in [0.29, 0.717) is 49.4 Å². The molecule has 4 rings (SSSR count). The van der Waals surface area contributed by atoms with Crippen LogP contribution in [0, 0.1) is 24.5 Å². The molecule has 0 radical (unpaired) electrons. The molecule has 3 aromatic rings. The first-order valence-electron chi connectivity index (χ1n) is 13.5. The lowest BCUT2D eigenvalue weighted by molar-refractivity contribution is -0.142. The summed E-state index contributed by atoms with van der Waals surface area (Å²) in [5.41, 5.74) is 2.29. The molecule has 1 aliphatic heterocycles. The van der Waals surface area contributed by atoms with Gasteiger partial charge < -0.3 is 19.7 Å². The van der Waals surface area contributed by atoms with Crippen LogP contribution in [0.3, 0.4) is 0 Å². The Morgan fingerprint density at radius 3 is 2.72 bits per heavy atom. The number of carboxylic acid groups (broad SMARTS) is 1. The van der Waals surface area contributed by atoms with Gasteiger partial charge in [0.25, 0.3) is 0 Å². The summed E-state index contributed by atoms with van der Waals surface area (Å²) >= 11 is 0. The Hall–Kier alpha value is -3.04. The summed E-state index contributed by atoms with van der Waals surface area (Å²) in [7, 11) is 1.90. The van der Waals surface area contributed by atoms with Crippen molar-refractivity contribution in [2.24, 2.45) is 5.92 Å². The number of fused-ring (bicyclic) bond motifs is 3. The Balaban J connectivity index is 1.83. The molecule has 2 N–H and O–H groups in total. The molecule has 6 nitrogen and oxygen atoms in total. The number of rotatable bonds is 11. The fourth-order valence-electron chi connectivity index (χ4n) is 6.01. The molecule has 0 amide bonds. The first-order chi connectivity index (χ1) is 18.5. The molecular weight excluding hydrogens is 507 g/mol. The van der Waals surface area contributed by atoms with Crippen LogP contribution in [0.4, 0.5) is 13.2 Å². The lowest BCUT2D eigenvalue weighted by Gasteiger charge is -2.50. The van der Waals surface area contributed by atoms with Gasteiger partial charge in [-0.2, -0.15) is 0 Å². The van der Waals surface area contributed by atoms with Crippen LogP contribution in [0.15, 0.2) is 30.3 Å². The number of nitrogens with zero attached hydrogens (tertiary/aromatic N) is 2. The number of nitrogens with one attached hydrogen (secondary N) is 1. The predicted molar refractivity (Wildman–Crippen MR) is 146 cm³/mol. The quantitative estimate of drug-likeness (QED) is 0.326. The predicted octanol–water partition coefficient (Wildman–Crippen LogP) is 5.66. The Morgan fingerprint density at radius 1 is 1.28 bits per heavy atom. The van der Waals surface area contributed by atoms with Gasteiger partial charge in [0.05, 0.1) is 18.1 Å². The van der Waals surface area contributed by atoms with Gasteiger partial charge in [0.2, 0.25) is 0 Å². The molecule has 212 valence electrons. The van der Waals surface area contributed by atoms with Gasteiger partial charge >= 0.3 is 5.97 Å². The Labute approximate surface area is 227 Å². The van der Waals surface area contributed by atoms with E-state index in [4.69, 9.17) is 4.74 Å². The number of H-pyrrole nitrogens is 1. The SMILES string of the molecule is Cc1c(OCCN(C)CCCF)ccc(F)c1[C@]1(C)c2[nH]c3ccc(F)cc3c2C[C@@H](C)N1C[C@@H](C)C(=O)O. The molecular formula is C30H38F3N3O3. The number of aromatic amines is 1. The highest BCUT2D eigenvalue weighted by molar-refractivity contribution is 5.86. The first-order valence-corrected chi connectivity index (χ1v) is 13.5. The van der Waals surface area contributed by atoms with Crippen LogP contribution < -0.4 is 4.74 Å². The van der Waals surface area contributed by atoms with E-state index in [2.05, 4.69) is 4.98 Å². The third kappa shape index (κ3) is 5.52. The normalized spacial score (nSPS) is 20.4. The maximum atomic E-state index is 15.9. The van der Waals surface area contributed by atoms with E-state index in [9.17, 15) is 18.7 Å². The highest BCUT2D eigenvalue weighted by Gasteiger charge is 2.48. The highest BCUT2D eigenvalue weighted by atomic mass is 19.1. The van der Waals surface area contributed by atoms with E-state index >= 15 is 4.39 Å². The van der Waals surface area contributed by atoms with Crippen LogP contribution in [-0.4, -0.2) is 71.9 Å². The van der Waals surface area contributed by atoms with Crippen LogP contribution in [0.5, 0.6) is 5.75 Å². The molecule has 0 saturated carbocycles. The molecule has 0 saturated heterocycles. The lowest BCUT2D eigenvalue weighted by Crippen LogP contribution is -2.56. The molecule has 39 heavy (non-hydrogen) atoms. The van der Waals surface area contributed by atoms with Crippen LogP contribution in [-0.2, 0) is 16.8 Å². The molecule has 0 bridgehead atoms. The van der Waals surface area contributed by atoms with Crippen molar-refractivity contribution in [1.82, 2.24) is 14.8 Å². The highest BCUT2D eigenvalue weighted by Crippen LogP contribution is 2.48. The van der Waals surface area contributed by atoms with Crippen LogP contribution in [0.25, 0.3) is 10.9 Å². The fraction of sp³-hybridized carbons (Fsp3) is 0.500. The van der Waals surface area contributed by atoms with Gasteiger partial charge in [0.15, 0.2) is 0 Å². The van der Waals surface area contributed by atoms with Gasteiger partial charge in [-0.1, -0.05) is 6.92 Å². The van der Waals surface area contributed by atoms with Crippen LogP contribution in [0.1, 0.15) is 49.6 Å². The molecule has 3 atom stereocenters. The van der Waals surface area contributed by atoms with Crippen molar-refractivity contribution in [2.75, 3.05) is 40.0 Å². The minimum Gasteiger partial charge on any atom is -0.492 e. The molecule has 1 aromatic heterocycles. The van der Waals surface area contributed by atoms with Crippen molar-refractivity contribution < 1.29 is 27.8 Å². The average molecular weight is 546 g/mol. The number of aromatic nitrogens is 1. The molecule has 0 spiro atoms. The van der Waals surface area contributed by atoms with Crippen molar-refractivity contribution >= 4 is 16.9 Å². The Bertz CT molecular complexity index is 1340. The minimum atomic E-state index is -1.09. The summed E-state index contributed by atoms with van der Waals surface area (Å²) in [5.74, 6) is -1.88. The number of carbonyl (C=O) groups is 1. The number of carboxylic acids is 1. The number of aliphatic carboxylic acids is 1. The number of likely N-dealkylation sites (N-methyl/N-ethyl adjacent to an activating group) is 1.